The molecule has 0 unspecified atom stereocenters. The van der Waals surface area contributed by atoms with E-state index < -0.39 is 23.7 Å². The number of hydrogen-bond acceptors (Lipinski definition) is 4. The second-order valence-electron chi connectivity index (χ2n) is 7.27. The van der Waals surface area contributed by atoms with Crippen LogP contribution in [0.3, 0.4) is 0 Å². The van der Waals surface area contributed by atoms with Gasteiger partial charge in [-0.05, 0) is 43.3 Å². The predicted molar refractivity (Wildman–Crippen MR) is 115 cm³/mol. The van der Waals surface area contributed by atoms with Crippen molar-refractivity contribution < 1.29 is 27.5 Å². The maximum atomic E-state index is 13.6. The highest BCUT2D eigenvalue weighted by Gasteiger charge is 2.34. The van der Waals surface area contributed by atoms with E-state index in [0.29, 0.717) is 31.7 Å². The summed E-state index contributed by atoms with van der Waals surface area (Å²) in [5.41, 5.74) is -1.14. The molecule has 2 aromatic carbocycles. The molecule has 1 fully saturated rings. The minimum Gasteiger partial charge on any atom is -0.379 e. The molecule has 1 aliphatic heterocycles. The molecule has 0 bridgehead atoms. The first-order valence-electron chi connectivity index (χ1n) is 10.3. The van der Waals surface area contributed by atoms with Gasteiger partial charge in [0.05, 0.1) is 24.5 Å². The van der Waals surface area contributed by atoms with Crippen molar-refractivity contribution in [3.05, 3.63) is 59.7 Å². The standard InChI is InChI=1S/C22H25F3N4O3/c23-22(24,25)18-15-17(27-20(30)16-5-2-1-3-6-16)7-8-19(18)28-21(31)26-9-4-10-29-11-13-32-14-12-29/h1-3,5-8,15H,4,9-14H2,(H,27,30)(H2,26,28,31). The number of anilines is 2. The van der Waals surface area contributed by atoms with Crippen LogP contribution >= 0.6 is 0 Å². The van der Waals surface area contributed by atoms with Crippen LogP contribution < -0.4 is 16.0 Å². The van der Waals surface area contributed by atoms with Gasteiger partial charge in [-0.25, -0.2) is 4.79 Å². The van der Waals surface area contributed by atoms with Gasteiger partial charge in [0, 0.05) is 30.9 Å². The Bertz CT molecular complexity index is 916. The lowest BCUT2D eigenvalue weighted by atomic mass is 10.1. The Morgan fingerprint density at radius 2 is 1.72 bits per heavy atom. The summed E-state index contributed by atoms with van der Waals surface area (Å²) in [4.78, 5) is 26.5. The molecule has 32 heavy (non-hydrogen) atoms. The van der Waals surface area contributed by atoms with E-state index in [1.807, 2.05) is 0 Å². The third kappa shape index (κ3) is 6.96. The third-order valence-electron chi connectivity index (χ3n) is 4.91. The number of halogens is 3. The van der Waals surface area contributed by atoms with E-state index in [4.69, 9.17) is 4.74 Å². The lowest BCUT2D eigenvalue weighted by Crippen LogP contribution is -2.38. The summed E-state index contributed by atoms with van der Waals surface area (Å²) >= 11 is 0. The molecule has 0 aromatic heterocycles. The maximum Gasteiger partial charge on any atom is 0.418 e. The molecule has 1 heterocycles. The van der Waals surface area contributed by atoms with Crippen molar-refractivity contribution in [3.63, 3.8) is 0 Å². The molecular formula is C22H25F3N4O3. The number of ether oxygens (including phenoxy) is 1. The fraction of sp³-hybridized carbons (Fsp3) is 0.364. The Morgan fingerprint density at radius 1 is 1.00 bits per heavy atom. The molecule has 2 aromatic rings. The molecule has 0 saturated carbocycles. The predicted octanol–water partition coefficient (Wildman–Crippen LogP) is 3.80. The molecule has 3 amide bonds. The highest BCUT2D eigenvalue weighted by molar-refractivity contribution is 6.04. The van der Waals surface area contributed by atoms with Gasteiger partial charge in [0.1, 0.15) is 0 Å². The van der Waals surface area contributed by atoms with E-state index in [9.17, 15) is 22.8 Å². The third-order valence-corrected chi connectivity index (χ3v) is 4.91. The molecule has 172 valence electrons. The molecule has 0 atom stereocenters. The van der Waals surface area contributed by atoms with E-state index in [-0.39, 0.29) is 11.4 Å². The van der Waals surface area contributed by atoms with Gasteiger partial charge in [0.2, 0.25) is 0 Å². The Kier molecular flexibility index (Phi) is 8.07. The second kappa shape index (κ2) is 11.0. The largest absolute Gasteiger partial charge is 0.418 e. The maximum absolute atomic E-state index is 13.6. The molecule has 1 aliphatic rings. The first-order chi connectivity index (χ1) is 15.3. The summed E-state index contributed by atoms with van der Waals surface area (Å²) in [7, 11) is 0. The number of nitrogens with one attached hydrogen (secondary N) is 3. The molecule has 0 radical (unpaired) electrons. The number of carbonyl (C=O) groups excluding carboxylic acids is 2. The van der Waals surface area contributed by atoms with Crippen LogP contribution in [0.25, 0.3) is 0 Å². The number of hydrogen-bond donors (Lipinski definition) is 3. The van der Waals surface area contributed by atoms with Gasteiger partial charge in [-0.3, -0.25) is 9.69 Å². The fourth-order valence-electron chi connectivity index (χ4n) is 3.25. The average Bonchev–Trinajstić information content (AvgIpc) is 2.78. The normalized spacial score (nSPS) is 14.6. The van der Waals surface area contributed by atoms with Crippen LogP contribution in [0.15, 0.2) is 48.5 Å². The number of urea groups is 1. The molecule has 3 rings (SSSR count). The number of amides is 3. The smallest absolute Gasteiger partial charge is 0.379 e. The van der Waals surface area contributed by atoms with Gasteiger partial charge in [0.15, 0.2) is 0 Å². The summed E-state index contributed by atoms with van der Waals surface area (Å²) in [6.45, 7) is 4.11. The number of benzene rings is 2. The molecule has 1 saturated heterocycles. The van der Waals surface area contributed by atoms with Crippen LogP contribution in [0.1, 0.15) is 22.3 Å². The minimum atomic E-state index is -4.72. The zero-order valence-corrected chi connectivity index (χ0v) is 17.4. The summed E-state index contributed by atoms with van der Waals surface area (Å²) in [5.74, 6) is -0.530. The van der Waals surface area contributed by atoms with Crippen LogP contribution in [-0.2, 0) is 10.9 Å². The Hall–Kier alpha value is -3.11. The summed E-state index contributed by atoms with van der Waals surface area (Å²) in [5, 5.41) is 7.27. The number of rotatable bonds is 7. The van der Waals surface area contributed by atoms with Crippen molar-refractivity contribution in [2.45, 2.75) is 12.6 Å². The molecule has 7 nitrogen and oxygen atoms in total. The van der Waals surface area contributed by atoms with Crippen molar-refractivity contribution in [3.8, 4) is 0 Å². The topological polar surface area (TPSA) is 82.7 Å². The molecule has 0 spiro atoms. The summed E-state index contributed by atoms with van der Waals surface area (Å²) in [6, 6.07) is 10.7. The highest BCUT2D eigenvalue weighted by Crippen LogP contribution is 2.36. The van der Waals surface area contributed by atoms with E-state index >= 15 is 0 Å². The molecule has 0 aliphatic carbocycles. The average molecular weight is 450 g/mol. The lowest BCUT2D eigenvalue weighted by molar-refractivity contribution is -0.136. The van der Waals surface area contributed by atoms with Crippen molar-refractivity contribution in [1.82, 2.24) is 10.2 Å². The lowest BCUT2D eigenvalue weighted by Gasteiger charge is -2.26. The van der Waals surface area contributed by atoms with Crippen LogP contribution in [0.2, 0.25) is 0 Å². The minimum absolute atomic E-state index is 0.0253. The zero-order valence-electron chi connectivity index (χ0n) is 17.4. The summed E-state index contributed by atoms with van der Waals surface area (Å²) in [6.07, 6.45) is -4.05. The Morgan fingerprint density at radius 3 is 2.41 bits per heavy atom. The number of nitrogens with zero attached hydrogens (tertiary/aromatic N) is 1. The van der Waals surface area contributed by atoms with Gasteiger partial charge in [-0.2, -0.15) is 13.2 Å². The Labute approximate surface area is 183 Å². The van der Waals surface area contributed by atoms with Crippen LogP contribution in [0.5, 0.6) is 0 Å². The number of alkyl halides is 3. The van der Waals surface area contributed by atoms with E-state index in [1.165, 1.54) is 6.07 Å². The van der Waals surface area contributed by atoms with Crippen molar-refractivity contribution in [1.29, 1.82) is 0 Å². The van der Waals surface area contributed by atoms with E-state index in [2.05, 4.69) is 20.9 Å². The highest BCUT2D eigenvalue weighted by atomic mass is 19.4. The quantitative estimate of drug-likeness (QED) is 0.561. The van der Waals surface area contributed by atoms with Crippen LogP contribution in [0, 0.1) is 0 Å². The van der Waals surface area contributed by atoms with Gasteiger partial charge >= 0.3 is 12.2 Å². The monoisotopic (exact) mass is 450 g/mol. The zero-order chi connectivity index (χ0) is 23.0. The second-order valence-corrected chi connectivity index (χ2v) is 7.27. The molecular weight excluding hydrogens is 425 g/mol. The van der Waals surface area contributed by atoms with Gasteiger partial charge < -0.3 is 20.7 Å². The molecule has 3 N–H and O–H groups in total. The van der Waals surface area contributed by atoms with Crippen molar-refractivity contribution >= 4 is 23.3 Å². The first kappa shape index (κ1) is 23.6. The van der Waals surface area contributed by atoms with Crippen LogP contribution in [0.4, 0.5) is 29.3 Å². The fourth-order valence-corrected chi connectivity index (χ4v) is 3.25. The van der Waals surface area contributed by atoms with Gasteiger partial charge in [0.25, 0.3) is 5.91 Å². The molecule has 10 heteroatoms. The Balaban J connectivity index is 1.57. The SMILES string of the molecule is O=C(NCCCN1CCOCC1)Nc1ccc(NC(=O)c2ccccc2)cc1C(F)(F)F. The number of morpholine rings is 1. The van der Waals surface area contributed by atoms with Crippen molar-refractivity contribution in [2.24, 2.45) is 0 Å². The number of carbonyl (C=O) groups is 2. The van der Waals surface area contributed by atoms with Crippen molar-refractivity contribution in [2.75, 3.05) is 50.0 Å². The van der Waals surface area contributed by atoms with E-state index in [0.717, 1.165) is 31.8 Å². The van der Waals surface area contributed by atoms with E-state index in [1.54, 1.807) is 30.3 Å². The van der Waals surface area contributed by atoms with Gasteiger partial charge in [-0.15, -0.1) is 0 Å². The summed E-state index contributed by atoms with van der Waals surface area (Å²) < 4.78 is 45.9. The van der Waals surface area contributed by atoms with Gasteiger partial charge in [-0.1, -0.05) is 18.2 Å². The van der Waals surface area contributed by atoms with Crippen LogP contribution in [-0.4, -0.2) is 56.2 Å². The first-order valence-corrected chi connectivity index (χ1v) is 10.3.